The Balaban J connectivity index is 2.73. The van der Waals surface area contributed by atoms with Crippen LogP contribution in [0.3, 0.4) is 0 Å². The maximum absolute atomic E-state index is 11.9. The maximum Gasteiger partial charge on any atom is 0.273 e. The van der Waals surface area contributed by atoms with E-state index in [0.717, 1.165) is 6.42 Å². The number of nitrogens with zero attached hydrogens (tertiary/aromatic N) is 1. The standard InChI is InChI=1S/C11H18N2O3/c1-4-11(3,5-6-14)13-10(15)9-8(2)16-7-12-9/h7,14H,4-6H2,1-3H3,(H,13,15). The van der Waals surface area contributed by atoms with Crippen molar-refractivity contribution in [2.24, 2.45) is 0 Å². The Morgan fingerprint density at radius 1 is 1.69 bits per heavy atom. The van der Waals surface area contributed by atoms with Crippen molar-refractivity contribution < 1.29 is 14.3 Å². The van der Waals surface area contributed by atoms with Crippen LogP contribution in [0, 0.1) is 6.92 Å². The summed E-state index contributed by atoms with van der Waals surface area (Å²) in [4.78, 5) is 15.7. The molecule has 1 amide bonds. The first-order valence-electron chi connectivity index (χ1n) is 5.36. The number of hydrogen-bond donors (Lipinski definition) is 2. The van der Waals surface area contributed by atoms with Gasteiger partial charge in [0, 0.05) is 12.1 Å². The molecular formula is C11H18N2O3. The first kappa shape index (κ1) is 12.7. The molecule has 0 spiro atoms. The normalized spacial score (nSPS) is 14.5. The number of nitrogens with one attached hydrogen (secondary N) is 1. The Labute approximate surface area is 94.9 Å². The van der Waals surface area contributed by atoms with Crippen molar-refractivity contribution in [1.29, 1.82) is 0 Å². The Hall–Kier alpha value is -1.36. The number of aryl methyl sites for hydroxylation is 1. The van der Waals surface area contributed by atoms with Crippen molar-refractivity contribution in [2.75, 3.05) is 6.61 Å². The number of aliphatic hydroxyl groups excluding tert-OH is 1. The van der Waals surface area contributed by atoms with Crippen molar-refractivity contribution >= 4 is 5.91 Å². The topological polar surface area (TPSA) is 75.4 Å². The molecule has 2 N–H and O–H groups in total. The summed E-state index contributed by atoms with van der Waals surface area (Å²) >= 11 is 0. The second-order valence-corrected chi connectivity index (χ2v) is 4.10. The fourth-order valence-corrected chi connectivity index (χ4v) is 1.43. The van der Waals surface area contributed by atoms with Crippen molar-refractivity contribution in [3.8, 4) is 0 Å². The van der Waals surface area contributed by atoms with Crippen LogP contribution in [0.4, 0.5) is 0 Å². The molecule has 90 valence electrons. The summed E-state index contributed by atoms with van der Waals surface area (Å²) in [5.41, 5.74) is -0.102. The van der Waals surface area contributed by atoms with Gasteiger partial charge >= 0.3 is 0 Å². The van der Waals surface area contributed by atoms with E-state index >= 15 is 0 Å². The largest absolute Gasteiger partial charge is 0.448 e. The molecule has 0 fully saturated rings. The molecule has 0 aliphatic rings. The van der Waals surface area contributed by atoms with E-state index in [0.29, 0.717) is 17.9 Å². The lowest BCUT2D eigenvalue weighted by Gasteiger charge is -2.28. The number of rotatable bonds is 5. The number of carbonyl (C=O) groups is 1. The molecule has 1 aromatic heterocycles. The van der Waals surface area contributed by atoms with E-state index in [4.69, 9.17) is 9.52 Å². The van der Waals surface area contributed by atoms with Crippen LogP contribution in [0.2, 0.25) is 0 Å². The van der Waals surface area contributed by atoms with Gasteiger partial charge in [-0.25, -0.2) is 4.98 Å². The minimum absolute atomic E-state index is 0.0441. The lowest BCUT2D eigenvalue weighted by molar-refractivity contribution is 0.0880. The smallest absolute Gasteiger partial charge is 0.273 e. The van der Waals surface area contributed by atoms with Crippen molar-refractivity contribution in [3.05, 3.63) is 17.8 Å². The lowest BCUT2D eigenvalue weighted by Crippen LogP contribution is -2.46. The highest BCUT2D eigenvalue weighted by molar-refractivity contribution is 5.93. The first-order chi connectivity index (χ1) is 7.52. The van der Waals surface area contributed by atoms with E-state index in [9.17, 15) is 4.79 Å². The maximum atomic E-state index is 11.9. The van der Waals surface area contributed by atoms with Gasteiger partial charge < -0.3 is 14.8 Å². The molecule has 16 heavy (non-hydrogen) atoms. The second-order valence-electron chi connectivity index (χ2n) is 4.10. The van der Waals surface area contributed by atoms with Gasteiger partial charge in [-0.3, -0.25) is 4.79 Å². The molecule has 0 aliphatic carbocycles. The minimum atomic E-state index is -0.406. The Kier molecular flexibility index (Phi) is 4.06. The van der Waals surface area contributed by atoms with E-state index in [-0.39, 0.29) is 12.5 Å². The van der Waals surface area contributed by atoms with E-state index in [1.165, 1.54) is 6.39 Å². The van der Waals surface area contributed by atoms with Gasteiger partial charge in [-0.1, -0.05) is 6.92 Å². The monoisotopic (exact) mass is 226 g/mol. The summed E-state index contributed by atoms with van der Waals surface area (Å²) in [5.74, 6) is 0.240. The van der Waals surface area contributed by atoms with E-state index in [1.54, 1.807) is 6.92 Å². The fraction of sp³-hybridized carbons (Fsp3) is 0.636. The number of carbonyl (C=O) groups excluding carboxylic acids is 1. The van der Waals surface area contributed by atoms with E-state index in [1.807, 2.05) is 13.8 Å². The minimum Gasteiger partial charge on any atom is -0.448 e. The van der Waals surface area contributed by atoms with Gasteiger partial charge in [0.25, 0.3) is 5.91 Å². The van der Waals surface area contributed by atoms with Crippen molar-refractivity contribution in [2.45, 2.75) is 39.2 Å². The fourth-order valence-electron chi connectivity index (χ4n) is 1.43. The quantitative estimate of drug-likeness (QED) is 0.792. The Bertz CT molecular complexity index is 362. The second kappa shape index (κ2) is 5.12. The van der Waals surface area contributed by atoms with Crippen molar-refractivity contribution in [1.82, 2.24) is 10.3 Å². The zero-order valence-electron chi connectivity index (χ0n) is 9.91. The zero-order valence-corrected chi connectivity index (χ0v) is 9.91. The van der Waals surface area contributed by atoms with Crippen LogP contribution in [-0.4, -0.2) is 28.1 Å². The molecule has 1 aromatic rings. The van der Waals surface area contributed by atoms with Crippen molar-refractivity contribution in [3.63, 3.8) is 0 Å². The van der Waals surface area contributed by atoms with E-state index < -0.39 is 5.54 Å². The molecule has 0 saturated carbocycles. The Morgan fingerprint density at radius 3 is 2.81 bits per heavy atom. The van der Waals surface area contributed by atoms with Crippen LogP contribution >= 0.6 is 0 Å². The molecule has 5 heteroatoms. The molecule has 5 nitrogen and oxygen atoms in total. The summed E-state index contributed by atoms with van der Waals surface area (Å²) in [6.45, 7) is 5.60. The summed E-state index contributed by atoms with van der Waals surface area (Å²) in [6, 6.07) is 0. The van der Waals surface area contributed by atoms with Crippen LogP contribution in [0.1, 0.15) is 42.9 Å². The van der Waals surface area contributed by atoms with Crippen LogP contribution < -0.4 is 5.32 Å². The third-order valence-electron chi connectivity index (χ3n) is 2.82. The van der Waals surface area contributed by atoms with Gasteiger partial charge in [-0.15, -0.1) is 0 Å². The van der Waals surface area contributed by atoms with E-state index in [2.05, 4.69) is 10.3 Å². The molecule has 0 aromatic carbocycles. The predicted molar refractivity (Wildman–Crippen MR) is 59.1 cm³/mol. The molecule has 0 saturated heterocycles. The molecular weight excluding hydrogens is 208 g/mol. The first-order valence-corrected chi connectivity index (χ1v) is 5.36. The molecule has 1 unspecified atom stereocenters. The molecule has 0 bridgehead atoms. The van der Waals surface area contributed by atoms with Crippen LogP contribution in [0.25, 0.3) is 0 Å². The number of hydrogen-bond acceptors (Lipinski definition) is 4. The average molecular weight is 226 g/mol. The van der Waals surface area contributed by atoms with Crippen LogP contribution in [0.15, 0.2) is 10.8 Å². The summed E-state index contributed by atoms with van der Waals surface area (Å²) in [7, 11) is 0. The molecule has 1 atom stereocenters. The highest BCUT2D eigenvalue weighted by Gasteiger charge is 2.26. The average Bonchev–Trinajstić information content (AvgIpc) is 2.65. The summed E-state index contributed by atoms with van der Waals surface area (Å²) in [6.07, 6.45) is 2.52. The van der Waals surface area contributed by atoms with Gasteiger partial charge in [0.2, 0.25) is 0 Å². The number of amides is 1. The Morgan fingerprint density at radius 2 is 2.38 bits per heavy atom. The lowest BCUT2D eigenvalue weighted by atomic mass is 9.94. The zero-order chi connectivity index (χ0) is 12.2. The highest BCUT2D eigenvalue weighted by atomic mass is 16.3. The van der Waals surface area contributed by atoms with Crippen LogP contribution in [-0.2, 0) is 0 Å². The van der Waals surface area contributed by atoms with Gasteiger partial charge in [-0.2, -0.15) is 0 Å². The number of aromatic nitrogens is 1. The van der Waals surface area contributed by atoms with Gasteiger partial charge in [-0.05, 0) is 26.7 Å². The van der Waals surface area contributed by atoms with Gasteiger partial charge in [0.05, 0.1) is 0 Å². The third kappa shape index (κ3) is 2.82. The molecule has 1 heterocycles. The van der Waals surface area contributed by atoms with Crippen LogP contribution in [0.5, 0.6) is 0 Å². The number of aliphatic hydroxyl groups is 1. The number of oxazole rings is 1. The summed E-state index contributed by atoms with van der Waals surface area (Å²) < 4.78 is 4.97. The summed E-state index contributed by atoms with van der Waals surface area (Å²) in [5, 5.41) is 11.8. The molecule has 0 aliphatic heterocycles. The van der Waals surface area contributed by atoms with Gasteiger partial charge in [0.15, 0.2) is 12.1 Å². The molecule has 0 radical (unpaired) electrons. The molecule has 1 rings (SSSR count). The van der Waals surface area contributed by atoms with Gasteiger partial charge in [0.1, 0.15) is 5.76 Å². The third-order valence-corrected chi connectivity index (χ3v) is 2.82. The SMILES string of the molecule is CCC(C)(CCO)NC(=O)c1ncoc1C. The highest BCUT2D eigenvalue weighted by Crippen LogP contribution is 2.15. The predicted octanol–water partition coefficient (Wildman–Crippen LogP) is 1.26.